The van der Waals surface area contributed by atoms with Crippen molar-refractivity contribution in [3.8, 4) is 0 Å². The summed E-state index contributed by atoms with van der Waals surface area (Å²) in [6.07, 6.45) is 2.25. The average molecular weight is 448 g/mol. The van der Waals surface area contributed by atoms with Gasteiger partial charge in [0.2, 0.25) is 0 Å². The molecule has 2 aromatic carbocycles. The highest BCUT2D eigenvalue weighted by atomic mass is 35.5. The van der Waals surface area contributed by atoms with E-state index >= 15 is 0 Å². The van der Waals surface area contributed by atoms with E-state index in [4.69, 9.17) is 26.0 Å². The number of benzene rings is 2. The van der Waals surface area contributed by atoms with Crippen LogP contribution in [0.4, 0.5) is 4.39 Å². The highest BCUT2D eigenvalue weighted by Gasteiger charge is 2.23. The van der Waals surface area contributed by atoms with Crippen molar-refractivity contribution in [2.75, 3.05) is 20.8 Å². The molecule has 0 bridgehead atoms. The Labute approximate surface area is 184 Å². The fourth-order valence-electron chi connectivity index (χ4n) is 2.76. The largest absolute Gasteiger partial charge is 0.398 e. The molecule has 0 unspecified atom stereocenters. The van der Waals surface area contributed by atoms with Crippen LogP contribution in [0.3, 0.4) is 0 Å². The molecule has 7 nitrogen and oxygen atoms in total. The zero-order valence-electron chi connectivity index (χ0n) is 17.2. The molecule has 1 amide bonds. The molecule has 0 aromatic heterocycles. The summed E-state index contributed by atoms with van der Waals surface area (Å²) >= 11 is 6.36. The topological polar surface area (TPSA) is 81.5 Å². The number of carbonyl (C=O) groups is 1. The lowest BCUT2D eigenvalue weighted by Crippen LogP contribution is -2.29. The van der Waals surface area contributed by atoms with Crippen molar-refractivity contribution in [1.82, 2.24) is 5.32 Å². The van der Waals surface area contributed by atoms with Crippen molar-refractivity contribution in [2.24, 2.45) is 10.3 Å². The lowest BCUT2D eigenvalue weighted by Gasteiger charge is -2.13. The first kappa shape index (κ1) is 22.7. The van der Waals surface area contributed by atoms with E-state index in [-0.39, 0.29) is 30.8 Å². The number of nitrogens with zero attached hydrogens (tertiary/aromatic N) is 2. The monoisotopic (exact) mass is 447 g/mol. The van der Waals surface area contributed by atoms with Gasteiger partial charge in [-0.1, -0.05) is 46.2 Å². The summed E-state index contributed by atoms with van der Waals surface area (Å²) in [5, 5.41) is 10.9. The number of amides is 1. The number of likely N-dealkylation sites (N-methyl/N-ethyl adjacent to an activating group) is 1. The average Bonchev–Trinajstić information content (AvgIpc) is 3.60. The Balaban J connectivity index is 1.83. The molecule has 1 aliphatic carbocycles. The van der Waals surface area contributed by atoms with Gasteiger partial charge in [-0.15, -0.1) is 0 Å². The van der Waals surface area contributed by atoms with Crippen molar-refractivity contribution < 1.29 is 23.6 Å². The van der Waals surface area contributed by atoms with Gasteiger partial charge in [0.05, 0.1) is 12.7 Å². The molecule has 3 rings (SSSR count). The Morgan fingerprint density at radius 1 is 1.19 bits per heavy atom. The van der Waals surface area contributed by atoms with Gasteiger partial charge in [0, 0.05) is 28.8 Å². The molecule has 0 spiro atoms. The van der Waals surface area contributed by atoms with E-state index < -0.39 is 5.91 Å². The quantitative estimate of drug-likeness (QED) is 0.445. The van der Waals surface area contributed by atoms with Gasteiger partial charge in [-0.3, -0.25) is 4.79 Å². The van der Waals surface area contributed by atoms with E-state index in [2.05, 4.69) is 15.6 Å². The van der Waals surface area contributed by atoms with E-state index in [9.17, 15) is 9.18 Å². The third-order valence-electron chi connectivity index (χ3n) is 4.54. The standard InChI is InChI=1S/C22H23ClFN3O4/c1-25-22(28)21(27-29-2)17-4-3-5-19(23)18(17)12-31-26-20(13-30-16-10-11-16)14-6-8-15(24)9-7-14/h3-9,16H,10-13H2,1-2H3,(H,25,28)/b26-20+,27-21+. The van der Waals surface area contributed by atoms with Crippen molar-refractivity contribution in [3.05, 3.63) is 70.0 Å². The molecular formula is C22H23ClFN3O4. The van der Waals surface area contributed by atoms with Gasteiger partial charge in [0.25, 0.3) is 5.91 Å². The van der Waals surface area contributed by atoms with Gasteiger partial charge >= 0.3 is 0 Å². The zero-order chi connectivity index (χ0) is 22.2. The Bertz CT molecular complexity index is 975. The van der Waals surface area contributed by atoms with Gasteiger partial charge in [0.1, 0.15) is 25.2 Å². The van der Waals surface area contributed by atoms with Crippen LogP contribution in [0.5, 0.6) is 0 Å². The third kappa shape index (κ3) is 6.26. The minimum atomic E-state index is -0.432. The molecule has 0 radical (unpaired) electrons. The number of hydrogen-bond donors (Lipinski definition) is 1. The molecule has 1 fully saturated rings. The van der Waals surface area contributed by atoms with Crippen LogP contribution in [-0.4, -0.2) is 44.2 Å². The van der Waals surface area contributed by atoms with Gasteiger partial charge < -0.3 is 19.7 Å². The molecule has 0 heterocycles. The molecule has 1 aliphatic rings. The second-order valence-corrected chi connectivity index (χ2v) is 7.20. The maximum atomic E-state index is 13.3. The van der Waals surface area contributed by atoms with E-state index in [1.165, 1.54) is 26.3 Å². The van der Waals surface area contributed by atoms with Crippen molar-refractivity contribution in [1.29, 1.82) is 0 Å². The Morgan fingerprint density at radius 2 is 1.94 bits per heavy atom. The molecule has 1 saturated carbocycles. The van der Waals surface area contributed by atoms with E-state index in [1.54, 1.807) is 30.3 Å². The van der Waals surface area contributed by atoms with Crippen LogP contribution in [0, 0.1) is 5.82 Å². The molecule has 31 heavy (non-hydrogen) atoms. The molecule has 0 saturated heterocycles. The number of hydrogen-bond acceptors (Lipinski definition) is 6. The van der Waals surface area contributed by atoms with Crippen molar-refractivity contribution in [3.63, 3.8) is 0 Å². The van der Waals surface area contributed by atoms with Crippen LogP contribution < -0.4 is 5.32 Å². The molecule has 9 heteroatoms. The molecule has 1 N–H and O–H groups in total. The smallest absolute Gasteiger partial charge is 0.273 e. The predicted molar refractivity (Wildman–Crippen MR) is 116 cm³/mol. The SMILES string of the molecule is CNC(=O)/C(=N/OC)c1cccc(Cl)c1CO/N=C(\COC1CC1)c1ccc(F)cc1. The van der Waals surface area contributed by atoms with Crippen molar-refractivity contribution in [2.45, 2.75) is 25.6 Å². The second-order valence-electron chi connectivity index (χ2n) is 6.80. The van der Waals surface area contributed by atoms with Crippen LogP contribution >= 0.6 is 11.6 Å². The molecule has 164 valence electrons. The Hall–Kier alpha value is -2.97. The van der Waals surface area contributed by atoms with Crippen LogP contribution in [0.1, 0.15) is 29.5 Å². The normalized spacial score (nSPS) is 14.3. The summed E-state index contributed by atoms with van der Waals surface area (Å²) in [6, 6.07) is 11.0. The molecular weight excluding hydrogens is 425 g/mol. The first-order chi connectivity index (χ1) is 15.0. The molecule has 0 aliphatic heterocycles. The van der Waals surface area contributed by atoms with Crippen LogP contribution in [0.15, 0.2) is 52.8 Å². The van der Waals surface area contributed by atoms with Crippen LogP contribution in [-0.2, 0) is 25.8 Å². The lowest BCUT2D eigenvalue weighted by atomic mass is 10.0. The van der Waals surface area contributed by atoms with Crippen molar-refractivity contribution >= 4 is 28.9 Å². The van der Waals surface area contributed by atoms with Crippen LogP contribution in [0.2, 0.25) is 5.02 Å². The van der Waals surface area contributed by atoms with E-state index in [1.807, 2.05) is 0 Å². The van der Waals surface area contributed by atoms with Gasteiger partial charge in [-0.2, -0.15) is 0 Å². The number of ether oxygens (including phenoxy) is 1. The second kappa shape index (κ2) is 10.9. The first-order valence-electron chi connectivity index (χ1n) is 9.70. The van der Waals surface area contributed by atoms with Gasteiger partial charge in [0.15, 0.2) is 5.71 Å². The number of halogens is 2. The maximum absolute atomic E-state index is 13.3. The molecule has 0 atom stereocenters. The summed E-state index contributed by atoms with van der Waals surface area (Å²) in [4.78, 5) is 22.6. The maximum Gasteiger partial charge on any atom is 0.273 e. The number of rotatable bonds is 10. The fraction of sp³-hybridized carbons (Fsp3) is 0.318. The van der Waals surface area contributed by atoms with Crippen LogP contribution in [0.25, 0.3) is 0 Å². The molecule has 2 aromatic rings. The summed E-state index contributed by atoms with van der Waals surface area (Å²) in [7, 11) is 2.84. The summed E-state index contributed by atoms with van der Waals surface area (Å²) in [6.45, 7) is 0.211. The highest BCUT2D eigenvalue weighted by molar-refractivity contribution is 6.46. The number of nitrogens with one attached hydrogen (secondary N) is 1. The Kier molecular flexibility index (Phi) is 7.97. The number of carbonyl (C=O) groups excluding carboxylic acids is 1. The third-order valence-corrected chi connectivity index (χ3v) is 4.89. The lowest BCUT2D eigenvalue weighted by molar-refractivity contribution is -0.114. The van der Waals surface area contributed by atoms with Gasteiger partial charge in [-0.05, 0) is 31.0 Å². The Morgan fingerprint density at radius 3 is 2.58 bits per heavy atom. The van der Waals surface area contributed by atoms with E-state index in [0.717, 1.165) is 12.8 Å². The minimum absolute atomic E-state index is 0.0249. The summed E-state index contributed by atoms with van der Waals surface area (Å²) in [5.74, 6) is -0.772. The van der Waals surface area contributed by atoms with E-state index in [0.29, 0.717) is 27.4 Å². The summed E-state index contributed by atoms with van der Waals surface area (Å²) in [5.41, 5.74) is 2.26. The fourth-order valence-corrected chi connectivity index (χ4v) is 2.99. The van der Waals surface area contributed by atoms with Gasteiger partial charge in [-0.25, -0.2) is 4.39 Å². The summed E-state index contributed by atoms with van der Waals surface area (Å²) < 4.78 is 19.0. The zero-order valence-corrected chi connectivity index (χ0v) is 18.0. The predicted octanol–water partition coefficient (Wildman–Crippen LogP) is 3.68. The highest BCUT2D eigenvalue weighted by Crippen LogP contribution is 2.24. The number of oxime groups is 2. The minimum Gasteiger partial charge on any atom is -0.398 e. The first-order valence-corrected chi connectivity index (χ1v) is 10.1.